The van der Waals surface area contributed by atoms with E-state index in [2.05, 4.69) is 0 Å². The van der Waals surface area contributed by atoms with Crippen LogP contribution < -0.4 is 0 Å². The van der Waals surface area contributed by atoms with E-state index in [0.717, 1.165) is 12.5 Å². The molecule has 0 aromatic rings. The normalized spacial score (nSPS) is 38.2. The Balaban J connectivity index is 1.86. The molecule has 0 bridgehead atoms. The van der Waals surface area contributed by atoms with Crippen molar-refractivity contribution in [2.24, 2.45) is 5.92 Å². The maximum atomic E-state index is 5.48. The fourth-order valence-corrected chi connectivity index (χ4v) is 1.44. The number of rotatable bonds is 1. The van der Waals surface area contributed by atoms with Crippen LogP contribution in [0.5, 0.6) is 0 Å². The summed E-state index contributed by atoms with van der Waals surface area (Å²) in [5.74, 6) is 0.970. The summed E-state index contributed by atoms with van der Waals surface area (Å²) in [5, 5.41) is 0. The largest absolute Gasteiger partial charge is 0.378 e. The van der Waals surface area contributed by atoms with Crippen molar-refractivity contribution >= 4 is 0 Å². The molecule has 0 N–H and O–H groups in total. The van der Waals surface area contributed by atoms with Gasteiger partial charge in [-0.15, -0.1) is 0 Å². The predicted molar refractivity (Wildman–Crippen MR) is 31.7 cm³/mol. The summed E-state index contributed by atoms with van der Waals surface area (Å²) < 4.78 is 5.48. The first-order valence-corrected chi connectivity index (χ1v) is 3.58. The second-order valence-electron chi connectivity index (χ2n) is 2.89. The minimum absolute atomic E-state index is 0.676. The first kappa shape index (κ1) is 4.80. The van der Waals surface area contributed by atoms with Gasteiger partial charge in [0.15, 0.2) is 0 Å². The molecule has 1 aliphatic heterocycles. The molecule has 1 aliphatic carbocycles. The molecule has 1 heterocycles. The van der Waals surface area contributed by atoms with Crippen molar-refractivity contribution < 1.29 is 4.74 Å². The molecule has 0 aromatic heterocycles. The van der Waals surface area contributed by atoms with Gasteiger partial charge in [0.1, 0.15) is 0 Å². The molecular weight excluding hydrogens is 100 g/mol. The number of ether oxygens (including phenoxy) is 1. The molecule has 1 saturated carbocycles. The third kappa shape index (κ3) is 0.752. The van der Waals surface area contributed by atoms with E-state index in [-0.39, 0.29) is 0 Å². The van der Waals surface area contributed by atoms with Crippen molar-refractivity contribution in [3.05, 3.63) is 0 Å². The van der Waals surface area contributed by atoms with Crippen LogP contribution in [0.4, 0.5) is 0 Å². The van der Waals surface area contributed by atoms with Gasteiger partial charge in [0.25, 0.3) is 0 Å². The standard InChI is InChI=1S/C7H12O/c1-2-7(8-5-1)6-3-4-6/h6-7H,1-5H2/t7-/m0/s1. The Labute approximate surface area is 50.0 Å². The molecule has 1 heteroatoms. The lowest BCUT2D eigenvalue weighted by atomic mass is 10.2. The van der Waals surface area contributed by atoms with Gasteiger partial charge in [-0.05, 0) is 31.6 Å². The van der Waals surface area contributed by atoms with Gasteiger partial charge in [-0.2, -0.15) is 0 Å². The summed E-state index contributed by atoms with van der Waals surface area (Å²) in [5.41, 5.74) is 0. The molecular formula is C7H12O. The number of hydrogen-bond acceptors (Lipinski definition) is 1. The van der Waals surface area contributed by atoms with Crippen LogP contribution in [0.15, 0.2) is 0 Å². The molecule has 2 fully saturated rings. The lowest BCUT2D eigenvalue weighted by molar-refractivity contribution is 0.0942. The maximum Gasteiger partial charge on any atom is 0.0604 e. The summed E-state index contributed by atoms with van der Waals surface area (Å²) >= 11 is 0. The molecule has 46 valence electrons. The van der Waals surface area contributed by atoms with E-state index < -0.39 is 0 Å². The van der Waals surface area contributed by atoms with Crippen molar-refractivity contribution in [3.8, 4) is 0 Å². The summed E-state index contributed by atoms with van der Waals surface area (Å²) in [7, 11) is 0. The molecule has 8 heavy (non-hydrogen) atoms. The lowest BCUT2D eigenvalue weighted by Gasteiger charge is -2.03. The quantitative estimate of drug-likeness (QED) is 0.500. The van der Waals surface area contributed by atoms with E-state index in [1.807, 2.05) is 0 Å². The Morgan fingerprint density at radius 2 is 2.00 bits per heavy atom. The van der Waals surface area contributed by atoms with Crippen LogP contribution >= 0.6 is 0 Å². The fraction of sp³-hybridized carbons (Fsp3) is 1.00. The van der Waals surface area contributed by atoms with Crippen LogP contribution in [0.3, 0.4) is 0 Å². The molecule has 0 radical (unpaired) electrons. The summed E-state index contributed by atoms with van der Waals surface area (Å²) in [6.45, 7) is 1.03. The maximum absolute atomic E-state index is 5.48. The van der Waals surface area contributed by atoms with E-state index in [9.17, 15) is 0 Å². The summed E-state index contributed by atoms with van der Waals surface area (Å²) in [4.78, 5) is 0. The molecule has 0 aromatic carbocycles. The molecule has 0 amide bonds. The van der Waals surface area contributed by atoms with Gasteiger partial charge in [0, 0.05) is 6.61 Å². The van der Waals surface area contributed by atoms with Crippen molar-refractivity contribution in [2.75, 3.05) is 6.61 Å². The van der Waals surface area contributed by atoms with Gasteiger partial charge in [0.2, 0.25) is 0 Å². The molecule has 0 unspecified atom stereocenters. The monoisotopic (exact) mass is 112 g/mol. The topological polar surface area (TPSA) is 9.23 Å². The van der Waals surface area contributed by atoms with Gasteiger partial charge in [-0.25, -0.2) is 0 Å². The van der Waals surface area contributed by atoms with E-state index in [0.29, 0.717) is 6.10 Å². The molecule has 1 saturated heterocycles. The van der Waals surface area contributed by atoms with Crippen LogP contribution in [0.2, 0.25) is 0 Å². The molecule has 1 nitrogen and oxygen atoms in total. The van der Waals surface area contributed by atoms with E-state index in [1.54, 1.807) is 0 Å². The van der Waals surface area contributed by atoms with Crippen molar-refractivity contribution in [3.63, 3.8) is 0 Å². The van der Waals surface area contributed by atoms with Gasteiger partial charge in [0.05, 0.1) is 6.10 Å². The number of hydrogen-bond donors (Lipinski definition) is 0. The SMILES string of the molecule is C1CO[C@H](C2CC2)C1. The molecule has 1 atom stereocenters. The van der Waals surface area contributed by atoms with Gasteiger partial charge in [-0.3, -0.25) is 0 Å². The van der Waals surface area contributed by atoms with Crippen LogP contribution in [0, 0.1) is 5.92 Å². The van der Waals surface area contributed by atoms with Crippen molar-refractivity contribution in [1.82, 2.24) is 0 Å². The predicted octanol–water partition coefficient (Wildman–Crippen LogP) is 1.58. The third-order valence-corrected chi connectivity index (χ3v) is 2.11. The minimum atomic E-state index is 0.676. The highest BCUT2D eigenvalue weighted by Crippen LogP contribution is 2.38. The lowest BCUT2D eigenvalue weighted by Crippen LogP contribution is -2.05. The summed E-state index contributed by atoms with van der Waals surface area (Å²) in [6, 6.07) is 0. The molecule has 2 rings (SSSR count). The highest BCUT2D eigenvalue weighted by Gasteiger charge is 2.33. The Kier molecular flexibility index (Phi) is 1.04. The third-order valence-electron chi connectivity index (χ3n) is 2.11. The average Bonchev–Trinajstić information content (AvgIpc) is 2.49. The zero-order valence-corrected chi connectivity index (χ0v) is 5.10. The Morgan fingerprint density at radius 3 is 2.50 bits per heavy atom. The molecule has 2 aliphatic rings. The highest BCUT2D eigenvalue weighted by molar-refractivity contribution is 4.84. The Morgan fingerprint density at radius 1 is 1.12 bits per heavy atom. The van der Waals surface area contributed by atoms with Crippen LogP contribution in [-0.4, -0.2) is 12.7 Å². The van der Waals surface area contributed by atoms with E-state index in [4.69, 9.17) is 4.74 Å². The average molecular weight is 112 g/mol. The van der Waals surface area contributed by atoms with Crippen molar-refractivity contribution in [1.29, 1.82) is 0 Å². The zero-order chi connectivity index (χ0) is 5.40. The van der Waals surface area contributed by atoms with Gasteiger partial charge >= 0.3 is 0 Å². The van der Waals surface area contributed by atoms with Crippen LogP contribution in [0.1, 0.15) is 25.7 Å². The first-order chi connectivity index (χ1) is 3.97. The zero-order valence-electron chi connectivity index (χ0n) is 5.10. The second-order valence-corrected chi connectivity index (χ2v) is 2.89. The molecule has 0 spiro atoms. The van der Waals surface area contributed by atoms with Gasteiger partial charge < -0.3 is 4.74 Å². The van der Waals surface area contributed by atoms with E-state index >= 15 is 0 Å². The first-order valence-electron chi connectivity index (χ1n) is 3.58. The minimum Gasteiger partial charge on any atom is -0.378 e. The van der Waals surface area contributed by atoms with Crippen LogP contribution in [0.25, 0.3) is 0 Å². The van der Waals surface area contributed by atoms with Crippen LogP contribution in [-0.2, 0) is 4.74 Å². The second kappa shape index (κ2) is 1.73. The Bertz CT molecular complexity index is 80.4. The van der Waals surface area contributed by atoms with Gasteiger partial charge in [-0.1, -0.05) is 0 Å². The highest BCUT2D eigenvalue weighted by atomic mass is 16.5. The smallest absolute Gasteiger partial charge is 0.0604 e. The Hall–Kier alpha value is -0.0400. The summed E-state index contributed by atoms with van der Waals surface area (Å²) in [6.07, 6.45) is 6.19. The van der Waals surface area contributed by atoms with Crippen molar-refractivity contribution in [2.45, 2.75) is 31.8 Å². The van der Waals surface area contributed by atoms with E-state index in [1.165, 1.54) is 25.7 Å². The fourth-order valence-electron chi connectivity index (χ4n) is 1.44.